The molecule has 0 aromatic rings. The minimum Gasteiger partial charge on any atom is -0.813 e. The fraction of sp³-hybridized carbons (Fsp3) is 1.00. The van der Waals surface area contributed by atoms with Gasteiger partial charge in [0.05, 0.1) is 0 Å². The standard InChI is InChI=1S/C3H6S3.C3H6S2.H2S.Sn/c4-6-3-1-2-5-3;4-3-1-2-5-3;;/h3-4H,1-2H2;3-4H,1-2H2;1H2;/q;;;+3/p-3. The van der Waals surface area contributed by atoms with Crippen LogP contribution in [-0.2, 0) is 13.5 Å². The smallest absolute Gasteiger partial charge is 0.813 e. The van der Waals surface area contributed by atoms with E-state index < -0.39 is 0 Å². The van der Waals surface area contributed by atoms with Gasteiger partial charge in [-0.25, -0.2) is 0 Å². The van der Waals surface area contributed by atoms with Crippen LogP contribution in [0.3, 0.4) is 0 Å². The maximum atomic E-state index is 2.31. The summed E-state index contributed by atoms with van der Waals surface area (Å²) in [5.74, 6) is 2.84. The molecule has 2 rings (SSSR count). The Bertz CT molecular complexity index is 121. The van der Waals surface area contributed by atoms with E-state index in [2.05, 4.69) is 51.2 Å². The molecule has 7 heteroatoms. The maximum Gasteiger partial charge on any atom is -0.813 e. The van der Waals surface area contributed by atoms with Crippen molar-refractivity contribution in [1.82, 2.24) is 0 Å². The van der Waals surface area contributed by atoms with Crippen molar-refractivity contribution in [2.45, 2.75) is 22.0 Å². The number of hydrogen-bond donors (Lipinski definition) is 0. The van der Waals surface area contributed by atoms with Crippen LogP contribution in [0.2, 0.25) is 0 Å². The van der Waals surface area contributed by atoms with Crippen LogP contribution in [0, 0.1) is 0 Å². The van der Waals surface area contributed by atoms with Gasteiger partial charge >= 0.3 is 103 Å². The molecule has 0 amide bonds. The average Bonchev–Trinajstić information content (AvgIpc) is 1.88. The van der Waals surface area contributed by atoms with E-state index in [0.717, 1.165) is 9.16 Å². The van der Waals surface area contributed by atoms with Crippen LogP contribution in [-0.4, -0.2) is 39.0 Å². The molecule has 2 fully saturated rings. The zero-order valence-corrected chi connectivity index (χ0v) is 14.8. The molecule has 13 heavy (non-hydrogen) atoms. The summed E-state index contributed by atoms with van der Waals surface area (Å²) in [6, 6.07) is 0. The van der Waals surface area contributed by atoms with Crippen molar-refractivity contribution >= 4 is 83.1 Å². The van der Waals surface area contributed by atoms with E-state index in [4.69, 9.17) is 0 Å². The summed E-state index contributed by atoms with van der Waals surface area (Å²) < 4.78 is 1.98. The Labute approximate surface area is 115 Å². The van der Waals surface area contributed by atoms with Gasteiger partial charge in [0.2, 0.25) is 0 Å². The van der Waals surface area contributed by atoms with E-state index in [0.29, 0.717) is 0 Å². The fourth-order valence-electron chi connectivity index (χ4n) is 0.744. The Morgan fingerprint density at radius 2 is 1.69 bits per heavy atom. The van der Waals surface area contributed by atoms with Crippen LogP contribution in [0.15, 0.2) is 0 Å². The van der Waals surface area contributed by atoms with Gasteiger partial charge in [0.15, 0.2) is 0 Å². The van der Waals surface area contributed by atoms with Crippen molar-refractivity contribution in [3.63, 3.8) is 0 Å². The van der Waals surface area contributed by atoms with Crippen molar-refractivity contribution in [3.05, 3.63) is 0 Å². The SMILES string of the molecule is C1CC(S[S][Sn+][S]C2CCS2)S1.[SH-]. The summed E-state index contributed by atoms with van der Waals surface area (Å²) in [5, 5.41) is 0. The van der Waals surface area contributed by atoms with Crippen LogP contribution in [0.5, 0.6) is 0 Å². The van der Waals surface area contributed by atoms with E-state index in [1.165, 1.54) is 24.3 Å². The molecule has 2 heterocycles. The summed E-state index contributed by atoms with van der Waals surface area (Å²) in [7, 11) is 6.70. The van der Waals surface area contributed by atoms with Gasteiger partial charge in [0, 0.05) is 0 Å². The number of thioether (sulfide) groups is 2. The van der Waals surface area contributed by atoms with Gasteiger partial charge in [0.25, 0.3) is 0 Å². The summed E-state index contributed by atoms with van der Waals surface area (Å²) in [6.45, 7) is 0. The molecule has 2 aliphatic rings. The molecule has 0 aromatic heterocycles. The van der Waals surface area contributed by atoms with Gasteiger partial charge in [-0.3, -0.25) is 0 Å². The zero-order valence-electron chi connectivity index (χ0n) is 6.97. The van der Waals surface area contributed by atoms with Gasteiger partial charge in [0.1, 0.15) is 0 Å². The molecule has 0 nitrogen and oxygen atoms in total. The zero-order chi connectivity index (χ0) is 8.23. The first-order chi connectivity index (χ1) is 5.95. The Balaban J connectivity index is 0.000000845. The Hall–Kier alpha value is 2.90. The summed E-state index contributed by atoms with van der Waals surface area (Å²) in [6.07, 6.45) is 2.95. The first-order valence-corrected chi connectivity index (χ1v) is 16.1. The topological polar surface area (TPSA) is 0 Å². The van der Waals surface area contributed by atoms with Crippen molar-refractivity contribution < 1.29 is 0 Å². The van der Waals surface area contributed by atoms with E-state index in [9.17, 15) is 0 Å². The quantitative estimate of drug-likeness (QED) is 0.229. The van der Waals surface area contributed by atoms with Gasteiger partial charge in [-0.2, -0.15) is 0 Å². The first-order valence-electron chi connectivity index (χ1n) is 3.91. The van der Waals surface area contributed by atoms with E-state index >= 15 is 0 Å². The minimum absolute atomic E-state index is 0. The van der Waals surface area contributed by atoms with Crippen molar-refractivity contribution in [2.75, 3.05) is 11.5 Å². The molecule has 0 saturated carbocycles. The van der Waals surface area contributed by atoms with Crippen LogP contribution in [0.25, 0.3) is 0 Å². The third-order valence-corrected chi connectivity index (χ3v) is 23.0. The maximum absolute atomic E-state index is 2.31. The molecular weight excluding hydrogens is 383 g/mol. The number of thiol groups is 1. The van der Waals surface area contributed by atoms with Gasteiger partial charge in [-0.05, 0) is 0 Å². The van der Waals surface area contributed by atoms with Crippen LogP contribution in [0.4, 0.5) is 0 Å². The molecule has 1 radical (unpaired) electrons. The second kappa shape index (κ2) is 8.06. The minimum atomic E-state index is -0.108. The normalized spacial score (nSPS) is 31.1. The molecule has 0 spiro atoms. The average molecular weight is 394 g/mol. The molecule has 0 aliphatic carbocycles. The molecular formula is C6H11S6Sn. The molecule has 75 valence electrons. The molecule has 0 aromatic carbocycles. The predicted molar refractivity (Wildman–Crippen MR) is 79.0 cm³/mol. The Morgan fingerprint density at radius 3 is 2.15 bits per heavy atom. The van der Waals surface area contributed by atoms with Crippen LogP contribution < -0.4 is 0 Å². The second-order valence-electron chi connectivity index (χ2n) is 2.56. The van der Waals surface area contributed by atoms with Crippen LogP contribution in [0.1, 0.15) is 12.8 Å². The Kier molecular flexibility index (Phi) is 8.65. The fourth-order valence-corrected chi connectivity index (χ4v) is 25.2. The van der Waals surface area contributed by atoms with Gasteiger partial charge in [-0.15, -0.1) is 0 Å². The van der Waals surface area contributed by atoms with Crippen molar-refractivity contribution in [1.29, 1.82) is 0 Å². The van der Waals surface area contributed by atoms with Gasteiger partial charge < -0.3 is 13.5 Å². The monoisotopic (exact) mass is 395 g/mol. The summed E-state index contributed by atoms with van der Waals surface area (Å²) >= 11 is 4.19. The summed E-state index contributed by atoms with van der Waals surface area (Å²) in [5.41, 5.74) is 0. The Morgan fingerprint density at radius 1 is 1.08 bits per heavy atom. The number of hydrogen-bond acceptors (Lipinski definition) is 6. The molecule has 0 bridgehead atoms. The molecule has 0 N–H and O–H groups in total. The first kappa shape index (κ1) is 14.0. The molecule has 2 unspecified atom stereocenters. The van der Waals surface area contributed by atoms with Crippen molar-refractivity contribution in [3.8, 4) is 0 Å². The van der Waals surface area contributed by atoms with E-state index in [1.807, 2.05) is 0 Å². The summed E-state index contributed by atoms with van der Waals surface area (Å²) in [4.78, 5) is 0. The molecule has 2 saturated heterocycles. The second-order valence-corrected chi connectivity index (χ2v) is 19.8. The van der Waals surface area contributed by atoms with Gasteiger partial charge in [-0.1, -0.05) is 0 Å². The van der Waals surface area contributed by atoms with Crippen LogP contribution >= 0.6 is 51.2 Å². The predicted octanol–water partition coefficient (Wildman–Crippen LogP) is 3.29. The van der Waals surface area contributed by atoms with E-state index in [-0.39, 0.29) is 31.9 Å². The third kappa shape index (κ3) is 5.17. The molecule has 2 atom stereocenters. The largest absolute Gasteiger partial charge is 0.813 e. The third-order valence-electron chi connectivity index (χ3n) is 1.68. The van der Waals surface area contributed by atoms with Crippen molar-refractivity contribution in [2.24, 2.45) is 0 Å². The molecule has 2 aliphatic heterocycles. The van der Waals surface area contributed by atoms with E-state index in [1.54, 1.807) is 0 Å². The number of rotatable bonds is 5.